The van der Waals surface area contributed by atoms with Crippen molar-refractivity contribution in [2.75, 3.05) is 18.1 Å². The average molecular weight is 447 g/mol. The van der Waals surface area contributed by atoms with Gasteiger partial charge in [-0.25, -0.2) is 13.1 Å². The first-order valence-electron chi connectivity index (χ1n) is 9.04. The number of hydrogen-bond donors (Lipinski definition) is 2. The molecule has 9 nitrogen and oxygen atoms in total. The summed E-state index contributed by atoms with van der Waals surface area (Å²) >= 11 is 1.19. The summed E-state index contributed by atoms with van der Waals surface area (Å²) in [5.74, 6) is -0.237. The van der Waals surface area contributed by atoms with Gasteiger partial charge in [0.15, 0.2) is 0 Å². The molecule has 2 N–H and O–H groups in total. The molecule has 3 aromatic rings. The number of carbonyl (C=O) groups excluding carboxylic acids is 1. The largest absolute Gasteiger partial charge is 0.325 e. The highest BCUT2D eigenvalue weighted by Crippen LogP contribution is 2.22. The van der Waals surface area contributed by atoms with Crippen molar-refractivity contribution in [3.8, 4) is 5.69 Å². The predicted molar refractivity (Wildman–Crippen MR) is 115 cm³/mol. The molecule has 1 amide bonds. The lowest BCUT2D eigenvalue weighted by atomic mass is 10.1. The van der Waals surface area contributed by atoms with Crippen LogP contribution >= 0.6 is 11.8 Å². The van der Waals surface area contributed by atoms with Crippen LogP contribution < -0.4 is 10.0 Å². The highest BCUT2D eigenvalue weighted by molar-refractivity contribution is 7.99. The quantitative estimate of drug-likeness (QED) is 0.534. The number of nitrogens with zero attached hydrogens (tertiary/aromatic N) is 4. The molecule has 0 unspecified atom stereocenters. The van der Waals surface area contributed by atoms with Crippen LogP contribution in [0.5, 0.6) is 0 Å². The minimum atomic E-state index is -3.61. The molecule has 1 heterocycles. The highest BCUT2D eigenvalue weighted by atomic mass is 32.2. The third kappa shape index (κ3) is 4.86. The van der Waals surface area contributed by atoms with E-state index in [1.54, 1.807) is 23.7 Å². The van der Waals surface area contributed by atoms with Crippen LogP contribution in [0.3, 0.4) is 0 Å². The average Bonchev–Trinajstić information content (AvgIpc) is 3.18. The molecule has 11 heteroatoms. The van der Waals surface area contributed by atoms with Crippen molar-refractivity contribution in [1.29, 1.82) is 0 Å². The molecular weight excluding hydrogens is 424 g/mol. The van der Waals surface area contributed by atoms with E-state index in [-0.39, 0.29) is 16.6 Å². The van der Waals surface area contributed by atoms with Gasteiger partial charge in [0, 0.05) is 5.69 Å². The summed E-state index contributed by atoms with van der Waals surface area (Å²) in [4.78, 5) is 12.5. The molecule has 2 aromatic carbocycles. The summed E-state index contributed by atoms with van der Waals surface area (Å²) in [6, 6.07) is 10.6. The Labute approximate surface area is 179 Å². The number of sulfonamides is 1. The smallest absolute Gasteiger partial charge is 0.240 e. The number of rotatable bonds is 7. The molecule has 0 fully saturated rings. The van der Waals surface area contributed by atoms with E-state index in [1.807, 2.05) is 32.0 Å². The van der Waals surface area contributed by atoms with Crippen molar-refractivity contribution in [3.05, 3.63) is 53.1 Å². The van der Waals surface area contributed by atoms with Gasteiger partial charge in [-0.3, -0.25) is 4.79 Å². The fourth-order valence-corrected chi connectivity index (χ4v) is 4.38. The second-order valence-electron chi connectivity index (χ2n) is 6.67. The van der Waals surface area contributed by atoms with E-state index in [2.05, 4.69) is 25.6 Å². The molecule has 1 aromatic heterocycles. The van der Waals surface area contributed by atoms with Crippen LogP contribution in [0.2, 0.25) is 0 Å². The third-order valence-corrected chi connectivity index (χ3v) is 7.01. The summed E-state index contributed by atoms with van der Waals surface area (Å²) in [7, 11) is -2.27. The molecule has 0 spiro atoms. The van der Waals surface area contributed by atoms with Crippen LogP contribution in [0, 0.1) is 20.8 Å². The molecule has 0 saturated heterocycles. The number of aryl methyl sites for hydroxylation is 3. The summed E-state index contributed by atoms with van der Waals surface area (Å²) in [5.41, 5.74) is 4.08. The fraction of sp³-hybridized carbons (Fsp3) is 0.263. The summed E-state index contributed by atoms with van der Waals surface area (Å²) in [6.45, 7) is 5.73. The molecule has 0 saturated carbocycles. The van der Waals surface area contributed by atoms with E-state index in [9.17, 15) is 13.2 Å². The van der Waals surface area contributed by atoms with E-state index in [4.69, 9.17) is 0 Å². The molecule has 0 aliphatic carbocycles. The first-order valence-corrected chi connectivity index (χ1v) is 11.5. The van der Waals surface area contributed by atoms with Gasteiger partial charge in [0.05, 0.1) is 16.3 Å². The number of anilines is 1. The van der Waals surface area contributed by atoms with Crippen molar-refractivity contribution < 1.29 is 13.2 Å². The fourth-order valence-electron chi connectivity index (χ4n) is 2.69. The topological polar surface area (TPSA) is 119 Å². The van der Waals surface area contributed by atoms with Crippen LogP contribution in [-0.4, -0.2) is 47.3 Å². The van der Waals surface area contributed by atoms with Crippen LogP contribution in [0.25, 0.3) is 5.69 Å². The molecule has 0 aliphatic rings. The Kier molecular flexibility index (Phi) is 6.54. The highest BCUT2D eigenvalue weighted by Gasteiger charge is 2.17. The van der Waals surface area contributed by atoms with Gasteiger partial charge in [-0.1, -0.05) is 23.9 Å². The number of nitrogens with one attached hydrogen (secondary N) is 2. The van der Waals surface area contributed by atoms with E-state index in [0.717, 1.165) is 16.8 Å². The number of tetrazole rings is 1. The lowest BCUT2D eigenvalue weighted by Gasteiger charge is -2.10. The standard InChI is InChI=1S/C19H22N6O3S2/c1-12-6-8-16(9-14(12)3)25-19(22-23-24-25)29-11-18(26)21-15-7-5-13(2)17(10-15)30(27,28)20-4/h5-10,20H,11H2,1-4H3,(H,21,26). The third-order valence-electron chi connectivity index (χ3n) is 4.54. The summed E-state index contributed by atoms with van der Waals surface area (Å²) in [5, 5.41) is 14.9. The molecule has 0 aliphatic heterocycles. The van der Waals surface area contributed by atoms with E-state index >= 15 is 0 Å². The first kappa shape index (κ1) is 21.9. The molecule has 3 rings (SSSR count). The van der Waals surface area contributed by atoms with E-state index in [0.29, 0.717) is 16.4 Å². The Morgan fingerprint density at radius 2 is 1.80 bits per heavy atom. The monoisotopic (exact) mass is 446 g/mol. The minimum Gasteiger partial charge on any atom is -0.325 e. The molecule has 158 valence electrons. The van der Waals surface area contributed by atoms with Crippen molar-refractivity contribution in [2.24, 2.45) is 0 Å². The van der Waals surface area contributed by atoms with Crippen molar-refractivity contribution in [3.63, 3.8) is 0 Å². The van der Waals surface area contributed by atoms with Gasteiger partial charge in [-0.2, -0.15) is 4.68 Å². The molecule has 30 heavy (non-hydrogen) atoms. The Bertz CT molecular complexity index is 1190. The first-order chi connectivity index (χ1) is 14.2. The number of carbonyl (C=O) groups is 1. The van der Waals surface area contributed by atoms with Gasteiger partial charge < -0.3 is 5.32 Å². The molecular formula is C19H22N6O3S2. The minimum absolute atomic E-state index is 0.0627. The van der Waals surface area contributed by atoms with Crippen LogP contribution in [0.4, 0.5) is 5.69 Å². The summed E-state index contributed by atoms with van der Waals surface area (Å²) in [6.07, 6.45) is 0. The number of benzene rings is 2. The summed E-state index contributed by atoms with van der Waals surface area (Å²) < 4.78 is 28.1. The van der Waals surface area contributed by atoms with Crippen molar-refractivity contribution in [1.82, 2.24) is 24.9 Å². The molecule has 0 radical (unpaired) electrons. The Balaban J connectivity index is 1.70. The van der Waals surface area contributed by atoms with Crippen LogP contribution in [-0.2, 0) is 14.8 Å². The second-order valence-corrected chi connectivity index (χ2v) is 9.46. The van der Waals surface area contributed by atoms with Gasteiger partial charge in [0.2, 0.25) is 21.1 Å². The van der Waals surface area contributed by atoms with Crippen molar-refractivity contribution >= 4 is 33.4 Å². The normalized spacial score (nSPS) is 11.5. The maximum absolute atomic E-state index is 12.4. The Hall–Kier alpha value is -2.76. The zero-order valence-electron chi connectivity index (χ0n) is 17.0. The van der Waals surface area contributed by atoms with Crippen LogP contribution in [0.1, 0.15) is 16.7 Å². The Morgan fingerprint density at radius 1 is 1.07 bits per heavy atom. The maximum Gasteiger partial charge on any atom is 0.240 e. The predicted octanol–water partition coefficient (Wildman–Crippen LogP) is 2.23. The van der Waals surface area contributed by atoms with E-state index in [1.165, 1.54) is 24.9 Å². The van der Waals surface area contributed by atoms with Gasteiger partial charge in [0.25, 0.3) is 0 Å². The van der Waals surface area contributed by atoms with Gasteiger partial charge in [0.1, 0.15) is 0 Å². The zero-order chi connectivity index (χ0) is 21.9. The van der Waals surface area contributed by atoms with Crippen molar-refractivity contribution in [2.45, 2.75) is 30.8 Å². The Morgan fingerprint density at radius 3 is 2.50 bits per heavy atom. The number of thioether (sulfide) groups is 1. The maximum atomic E-state index is 12.4. The number of amides is 1. The number of hydrogen-bond acceptors (Lipinski definition) is 7. The van der Waals surface area contributed by atoms with E-state index < -0.39 is 10.0 Å². The number of aromatic nitrogens is 4. The second kappa shape index (κ2) is 8.94. The van der Waals surface area contributed by atoms with Gasteiger partial charge in [-0.05, 0) is 79.2 Å². The molecule has 0 atom stereocenters. The lowest BCUT2D eigenvalue weighted by molar-refractivity contribution is -0.113. The van der Waals surface area contributed by atoms with Crippen LogP contribution in [0.15, 0.2) is 46.5 Å². The lowest BCUT2D eigenvalue weighted by Crippen LogP contribution is -2.20. The SMILES string of the molecule is CNS(=O)(=O)c1cc(NC(=O)CSc2nnnn2-c2ccc(C)c(C)c2)ccc1C. The molecule has 0 bridgehead atoms. The van der Waals surface area contributed by atoms with Gasteiger partial charge >= 0.3 is 0 Å². The van der Waals surface area contributed by atoms with Gasteiger partial charge in [-0.15, -0.1) is 5.10 Å². The zero-order valence-corrected chi connectivity index (χ0v) is 18.6.